The summed E-state index contributed by atoms with van der Waals surface area (Å²) in [5.74, 6) is 0. The van der Waals surface area contributed by atoms with E-state index in [0.717, 1.165) is 12.8 Å². The molecule has 132 valence electrons. The first-order valence-electron chi connectivity index (χ1n) is 8.98. The molecule has 0 radical (unpaired) electrons. The van der Waals surface area contributed by atoms with E-state index in [1.165, 1.54) is 0 Å². The molecule has 0 atom stereocenters. The van der Waals surface area contributed by atoms with Gasteiger partial charge in [0, 0.05) is 0 Å². The van der Waals surface area contributed by atoms with Gasteiger partial charge in [-0.3, -0.25) is 0 Å². The molecule has 1 rings (SSSR count). The number of hydrogen-bond donors (Lipinski definition) is 0. The Kier molecular flexibility index (Phi) is 14.7. The SMILES string of the molecule is C1=CCC\C=C/C=C\C=C/C=C\C=C/C=C\C=C/C=C\C=C/C=C\C=C/1. The summed E-state index contributed by atoms with van der Waals surface area (Å²) in [5, 5.41) is 0. The standard InChI is InChI=1S/C26H28/c1-2-4-6-8-10-12-14-16-18-20-22-24-26-25-23-21-19-17-15-13-11-9-7-5-3-1/h1-24H,25-26H2/b3-1-,4-2-,7-5-,8-6-,11-9-,12-10-,15-13-,16-14-,19-17-,20-18-,23-21-,24-22?. The second-order valence-electron chi connectivity index (χ2n) is 5.28. The van der Waals surface area contributed by atoms with Gasteiger partial charge in [-0.05, 0) is 12.8 Å². The summed E-state index contributed by atoms with van der Waals surface area (Å²) < 4.78 is 0. The lowest BCUT2D eigenvalue weighted by Gasteiger charge is -1.84. The van der Waals surface area contributed by atoms with Crippen LogP contribution in [0.5, 0.6) is 0 Å². The molecule has 0 aromatic carbocycles. The van der Waals surface area contributed by atoms with Crippen LogP contribution in [0.25, 0.3) is 0 Å². The smallest absolute Gasteiger partial charge is 0.0313 e. The van der Waals surface area contributed by atoms with Gasteiger partial charge in [-0.2, -0.15) is 0 Å². The minimum Gasteiger partial charge on any atom is -0.0842 e. The molecule has 0 aromatic rings. The van der Waals surface area contributed by atoms with E-state index in [-0.39, 0.29) is 0 Å². The molecule has 0 heterocycles. The first kappa shape index (κ1) is 20.9. The highest BCUT2D eigenvalue weighted by Crippen LogP contribution is 1.94. The van der Waals surface area contributed by atoms with Crippen molar-refractivity contribution in [3.05, 3.63) is 146 Å². The lowest BCUT2D eigenvalue weighted by molar-refractivity contribution is 1.05. The van der Waals surface area contributed by atoms with E-state index in [9.17, 15) is 0 Å². The van der Waals surface area contributed by atoms with Crippen molar-refractivity contribution in [2.24, 2.45) is 0 Å². The Bertz CT molecular complexity index is 628. The third-order valence-electron chi connectivity index (χ3n) is 3.11. The quantitative estimate of drug-likeness (QED) is 0.429. The topological polar surface area (TPSA) is 0 Å². The number of rotatable bonds is 0. The Labute approximate surface area is 159 Å². The van der Waals surface area contributed by atoms with Crippen molar-refractivity contribution in [2.45, 2.75) is 12.8 Å². The summed E-state index contributed by atoms with van der Waals surface area (Å²) in [6.45, 7) is 0. The monoisotopic (exact) mass is 340 g/mol. The zero-order valence-electron chi connectivity index (χ0n) is 15.3. The molecule has 1 aliphatic rings. The highest BCUT2D eigenvalue weighted by Gasteiger charge is 1.74. The van der Waals surface area contributed by atoms with Gasteiger partial charge in [0.2, 0.25) is 0 Å². The molecule has 0 nitrogen and oxygen atoms in total. The van der Waals surface area contributed by atoms with E-state index < -0.39 is 0 Å². The molecular weight excluding hydrogens is 312 g/mol. The fourth-order valence-corrected chi connectivity index (χ4v) is 1.83. The zero-order valence-corrected chi connectivity index (χ0v) is 15.3. The Hall–Kier alpha value is -3.12. The first-order chi connectivity index (χ1) is 13.0. The van der Waals surface area contributed by atoms with Crippen molar-refractivity contribution in [1.29, 1.82) is 0 Å². The largest absolute Gasteiger partial charge is 0.0842 e. The first-order valence-corrected chi connectivity index (χ1v) is 8.98. The van der Waals surface area contributed by atoms with Gasteiger partial charge in [0.05, 0.1) is 0 Å². The maximum Gasteiger partial charge on any atom is -0.0313 e. The summed E-state index contributed by atoms with van der Waals surface area (Å²) in [6.07, 6.45) is 51.0. The van der Waals surface area contributed by atoms with Gasteiger partial charge in [0.25, 0.3) is 0 Å². The van der Waals surface area contributed by atoms with Crippen LogP contribution in [0, 0.1) is 0 Å². The molecule has 0 aliphatic heterocycles. The van der Waals surface area contributed by atoms with Crippen LogP contribution in [0.1, 0.15) is 12.8 Å². The molecule has 0 saturated heterocycles. The van der Waals surface area contributed by atoms with Gasteiger partial charge in [-0.1, -0.05) is 146 Å². The van der Waals surface area contributed by atoms with Crippen molar-refractivity contribution in [1.82, 2.24) is 0 Å². The molecule has 1 aliphatic carbocycles. The fraction of sp³-hybridized carbons (Fsp3) is 0.0769. The normalized spacial score (nSPS) is 30.2. The fourth-order valence-electron chi connectivity index (χ4n) is 1.83. The third-order valence-corrected chi connectivity index (χ3v) is 3.11. The third kappa shape index (κ3) is 15.8. The number of allylic oxidation sites excluding steroid dienone is 24. The lowest BCUT2D eigenvalue weighted by atomic mass is 10.2. The minimum absolute atomic E-state index is 1.05. The molecule has 0 aromatic heterocycles. The average Bonchev–Trinajstić information content (AvgIpc) is 2.65. The molecule has 0 unspecified atom stereocenters. The van der Waals surface area contributed by atoms with E-state index >= 15 is 0 Å². The van der Waals surface area contributed by atoms with Crippen molar-refractivity contribution in [3.8, 4) is 0 Å². The van der Waals surface area contributed by atoms with Crippen molar-refractivity contribution in [2.75, 3.05) is 0 Å². The van der Waals surface area contributed by atoms with Gasteiger partial charge in [-0.25, -0.2) is 0 Å². The molecule has 0 amide bonds. The van der Waals surface area contributed by atoms with E-state index in [4.69, 9.17) is 0 Å². The van der Waals surface area contributed by atoms with Crippen LogP contribution < -0.4 is 0 Å². The maximum atomic E-state index is 2.18. The number of hydrogen-bond acceptors (Lipinski definition) is 0. The predicted molar refractivity (Wildman–Crippen MR) is 119 cm³/mol. The molecule has 0 spiro atoms. The van der Waals surface area contributed by atoms with Crippen LogP contribution in [-0.4, -0.2) is 0 Å². The van der Waals surface area contributed by atoms with E-state index in [1.54, 1.807) is 0 Å². The maximum absolute atomic E-state index is 2.18. The summed E-state index contributed by atoms with van der Waals surface area (Å²) in [6, 6.07) is 0. The molecule has 0 fully saturated rings. The Balaban J connectivity index is 2.61. The van der Waals surface area contributed by atoms with Crippen molar-refractivity contribution in [3.63, 3.8) is 0 Å². The van der Waals surface area contributed by atoms with Gasteiger partial charge in [0.15, 0.2) is 0 Å². The van der Waals surface area contributed by atoms with Crippen LogP contribution in [-0.2, 0) is 0 Å². The Morgan fingerprint density at radius 1 is 0.192 bits per heavy atom. The van der Waals surface area contributed by atoms with Crippen LogP contribution in [0.15, 0.2) is 146 Å². The summed E-state index contributed by atoms with van der Waals surface area (Å²) in [4.78, 5) is 0. The van der Waals surface area contributed by atoms with Crippen LogP contribution in [0.4, 0.5) is 0 Å². The lowest BCUT2D eigenvalue weighted by Crippen LogP contribution is -1.63. The Morgan fingerprint density at radius 3 is 0.538 bits per heavy atom. The van der Waals surface area contributed by atoms with Crippen LogP contribution in [0.2, 0.25) is 0 Å². The van der Waals surface area contributed by atoms with Gasteiger partial charge in [-0.15, -0.1) is 0 Å². The van der Waals surface area contributed by atoms with E-state index in [1.807, 2.05) is 109 Å². The molecular formula is C26H28. The summed E-state index contributed by atoms with van der Waals surface area (Å²) in [5.41, 5.74) is 0. The summed E-state index contributed by atoms with van der Waals surface area (Å²) in [7, 11) is 0. The van der Waals surface area contributed by atoms with Crippen molar-refractivity contribution < 1.29 is 0 Å². The van der Waals surface area contributed by atoms with E-state index in [0.29, 0.717) is 0 Å². The highest BCUT2D eigenvalue weighted by molar-refractivity contribution is 5.23. The average molecular weight is 341 g/mol. The molecule has 0 bridgehead atoms. The molecule has 0 N–H and O–H groups in total. The van der Waals surface area contributed by atoms with E-state index in [2.05, 4.69) is 36.5 Å². The zero-order chi connectivity index (χ0) is 18.4. The van der Waals surface area contributed by atoms with Gasteiger partial charge < -0.3 is 0 Å². The van der Waals surface area contributed by atoms with Gasteiger partial charge >= 0.3 is 0 Å². The van der Waals surface area contributed by atoms with Crippen LogP contribution in [0.3, 0.4) is 0 Å². The minimum atomic E-state index is 1.05. The molecule has 26 heavy (non-hydrogen) atoms. The second-order valence-corrected chi connectivity index (χ2v) is 5.28. The Morgan fingerprint density at radius 2 is 0.346 bits per heavy atom. The molecule has 0 saturated carbocycles. The van der Waals surface area contributed by atoms with Crippen LogP contribution >= 0.6 is 0 Å². The van der Waals surface area contributed by atoms with Gasteiger partial charge in [0.1, 0.15) is 0 Å². The molecule has 0 heteroatoms. The summed E-state index contributed by atoms with van der Waals surface area (Å²) >= 11 is 0. The predicted octanol–water partition coefficient (Wildman–Crippen LogP) is 7.45. The second kappa shape index (κ2) is 18.2. The van der Waals surface area contributed by atoms with Crippen molar-refractivity contribution >= 4 is 0 Å². The highest BCUT2D eigenvalue weighted by atomic mass is 13.8.